The Labute approximate surface area is 223 Å². The van der Waals surface area contributed by atoms with E-state index >= 15 is 0 Å². The molecular formula is C30H49N3O4. The van der Waals surface area contributed by atoms with Crippen molar-refractivity contribution in [2.75, 3.05) is 53.0 Å². The smallest absolute Gasteiger partial charge is 0.306 e. The van der Waals surface area contributed by atoms with Gasteiger partial charge in [-0.25, -0.2) is 0 Å². The van der Waals surface area contributed by atoms with Gasteiger partial charge in [-0.15, -0.1) is 0 Å². The molecule has 1 aliphatic rings. The lowest BCUT2D eigenvalue weighted by Gasteiger charge is -2.26. The van der Waals surface area contributed by atoms with Crippen LogP contribution in [0.2, 0.25) is 0 Å². The molecule has 1 unspecified atom stereocenters. The van der Waals surface area contributed by atoms with E-state index in [2.05, 4.69) is 41.9 Å². The quantitative estimate of drug-likeness (QED) is 0.407. The van der Waals surface area contributed by atoms with Crippen molar-refractivity contribution < 1.29 is 19.1 Å². The highest BCUT2D eigenvalue weighted by Crippen LogP contribution is 2.18. The molecule has 37 heavy (non-hydrogen) atoms. The molecule has 1 amide bonds. The van der Waals surface area contributed by atoms with Crippen molar-refractivity contribution in [3.05, 3.63) is 33.7 Å². The van der Waals surface area contributed by atoms with E-state index in [-0.39, 0.29) is 11.9 Å². The Hall–Kier alpha value is -2.38. The zero-order valence-electron chi connectivity index (χ0n) is 24.0. The maximum atomic E-state index is 12.9. The van der Waals surface area contributed by atoms with Crippen molar-refractivity contribution in [1.29, 1.82) is 0 Å². The second-order valence-electron chi connectivity index (χ2n) is 11.2. The van der Waals surface area contributed by atoms with Crippen LogP contribution in [-0.4, -0.2) is 80.3 Å². The zero-order valence-corrected chi connectivity index (χ0v) is 24.0. The number of hydrogen-bond donors (Lipinski definition) is 1. The summed E-state index contributed by atoms with van der Waals surface area (Å²) in [6, 6.07) is 3.80. The highest BCUT2D eigenvalue weighted by atomic mass is 16.6. The standard InChI is InChI=1S/C30H49N3O4/c1-8-10-25(11-9-12-28(34)37-30(4,5)6)21-32(7)22-27-23(2)13-14-26(24(27)3)29(35)31-15-16-33-17-19-36-20-18-33/h13-14,22,25H,2,8-12,15-21H2,1,3-7H3,(H,31,35)/b27-22+. The summed E-state index contributed by atoms with van der Waals surface area (Å²) in [5, 5.41) is 4.98. The average Bonchev–Trinajstić information content (AvgIpc) is 2.81. The van der Waals surface area contributed by atoms with Gasteiger partial charge >= 0.3 is 5.97 Å². The lowest BCUT2D eigenvalue weighted by Crippen LogP contribution is -2.41. The van der Waals surface area contributed by atoms with E-state index in [1.807, 2.05) is 39.8 Å². The lowest BCUT2D eigenvalue weighted by atomic mass is 9.96. The molecular weight excluding hydrogens is 466 g/mol. The van der Waals surface area contributed by atoms with Gasteiger partial charge in [-0.3, -0.25) is 14.5 Å². The van der Waals surface area contributed by atoms with E-state index in [1.165, 1.54) is 0 Å². The van der Waals surface area contributed by atoms with Crippen LogP contribution in [0.4, 0.5) is 0 Å². The van der Waals surface area contributed by atoms with Crippen LogP contribution in [0, 0.1) is 12.8 Å². The molecule has 0 bridgehead atoms. The molecule has 0 aromatic heterocycles. The van der Waals surface area contributed by atoms with Crippen molar-refractivity contribution in [2.45, 2.75) is 72.3 Å². The Balaban J connectivity index is 1.99. The number of amides is 1. The molecule has 1 saturated heterocycles. The summed E-state index contributed by atoms with van der Waals surface area (Å²) in [4.78, 5) is 29.5. The van der Waals surface area contributed by atoms with E-state index in [1.54, 1.807) is 0 Å². The first kappa shape index (κ1) is 30.8. The number of morpholine rings is 1. The maximum absolute atomic E-state index is 12.9. The van der Waals surface area contributed by atoms with Crippen LogP contribution in [0.5, 0.6) is 0 Å². The number of esters is 1. The minimum atomic E-state index is -0.437. The number of carbonyl (C=O) groups is 2. The fraction of sp³-hybridized carbons (Fsp3) is 0.667. The van der Waals surface area contributed by atoms with Gasteiger partial charge in [0.25, 0.3) is 5.91 Å². The molecule has 208 valence electrons. The van der Waals surface area contributed by atoms with E-state index in [0.717, 1.165) is 81.1 Å². The van der Waals surface area contributed by atoms with Gasteiger partial charge in [0.05, 0.1) is 13.2 Å². The number of nitrogens with one attached hydrogen (secondary N) is 1. The molecule has 0 saturated carbocycles. The second-order valence-corrected chi connectivity index (χ2v) is 11.2. The number of benzene rings is 1. The van der Waals surface area contributed by atoms with Crippen LogP contribution in [0.1, 0.15) is 75.7 Å². The third-order valence-corrected chi connectivity index (χ3v) is 6.67. The van der Waals surface area contributed by atoms with E-state index < -0.39 is 5.60 Å². The molecule has 1 aliphatic heterocycles. The zero-order chi connectivity index (χ0) is 27.4. The number of ether oxygens (including phenoxy) is 2. The summed E-state index contributed by atoms with van der Waals surface area (Å²) < 4.78 is 10.8. The van der Waals surface area contributed by atoms with E-state index in [0.29, 0.717) is 24.4 Å². The highest BCUT2D eigenvalue weighted by molar-refractivity contribution is 5.95. The monoisotopic (exact) mass is 515 g/mol. The summed E-state index contributed by atoms with van der Waals surface area (Å²) in [7, 11) is 2.07. The Bertz CT molecular complexity index is 980. The molecule has 1 atom stereocenters. The predicted octanol–water partition coefficient (Wildman–Crippen LogP) is 3.07. The van der Waals surface area contributed by atoms with Crippen LogP contribution < -0.4 is 15.8 Å². The van der Waals surface area contributed by atoms with Crippen molar-refractivity contribution in [2.24, 2.45) is 5.92 Å². The summed E-state index contributed by atoms with van der Waals surface area (Å²) in [5.41, 5.74) is 1.20. The van der Waals surface area contributed by atoms with Gasteiger partial charge in [-0.1, -0.05) is 26.0 Å². The topological polar surface area (TPSA) is 71.1 Å². The molecule has 1 fully saturated rings. The summed E-state index contributed by atoms with van der Waals surface area (Å²) in [6.45, 7) is 19.8. The van der Waals surface area contributed by atoms with Gasteiger partial charge in [0, 0.05) is 63.2 Å². The number of hydrogen-bond acceptors (Lipinski definition) is 6. The van der Waals surface area contributed by atoms with E-state index in [9.17, 15) is 9.59 Å². The molecule has 0 spiro atoms. The Morgan fingerprint density at radius 3 is 2.59 bits per heavy atom. The van der Waals surface area contributed by atoms with Crippen LogP contribution in [-0.2, 0) is 14.3 Å². The third-order valence-electron chi connectivity index (χ3n) is 6.67. The second kappa shape index (κ2) is 15.1. The fourth-order valence-corrected chi connectivity index (χ4v) is 4.80. The molecule has 1 heterocycles. The van der Waals surface area contributed by atoms with Crippen molar-refractivity contribution >= 4 is 24.7 Å². The van der Waals surface area contributed by atoms with E-state index in [4.69, 9.17) is 9.47 Å². The summed E-state index contributed by atoms with van der Waals surface area (Å²) >= 11 is 0. The third kappa shape index (κ3) is 11.3. The normalized spacial score (nSPS) is 15.9. The first-order valence-electron chi connectivity index (χ1n) is 13.8. The lowest BCUT2D eigenvalue weighted by molar-refractivity contribution is -0.155. The largest absolute Gasteiger partial charge is 0.460 e. The summed E-state index contributed by atoms with van der Waals surface area (Å²) in [5.74, 6) is 0.308. The predicted molar refractivity (Wildman–Crippen MR) is 151 cm³/mol. The average molecular weight is 516 g/mol. The summed E-state index contributed by atoms with van der Waals surface area (Å²) in [6.07, 6.45) is 6.58. The Morgan fingerprint density at radius 2 is 1.95 bits per heavy atom. The van der Waals surface area contributed by atoms with Gasteiger partial charge in [-0.05, 0) is 69.7 Å². The Kier molecular flexibility index (Phi) is 12.6. The minimum absolute atomic E-state index is 0.0472. The van der Waals surface area contributed by atoms with Gasteiger partial charge in [0.1, 0.15) is 5.60 Å². The van der Waals surface area contributed by atoms with Crippen molar-refractivity contribution in [1.82, 2.24) is 15.1 Å². The number of rotatable bonds is 13. The molecule has 2 rings (SSSR count). The molecule has 7 heteroatoms. The maximum Gasteiger partial charge on any atom is 0.306 e. The van der Waals surface area contributed by atoms with Gasteiger partial charge in [0.2, 0.25) is 0 Å². The van der Waals surface area contributed by atoms with Crippen LogP contribution in [0.15, 0.2) is 12.1 Å². The Morgan fingerprint density at radius 1 is 1.24 bits per heavy atom. The molecule has 1 N–H and O–H groups in total. The fourth-order valence-electron chi connectivity index (χ4n) is 4.80. The number of carbonyl (C=O) groups excluding carboxylic acids is 2. The first-order chi connectivity index (χ1) is 17.5. The van der Waals surface area contributed by atoms with Crippen LogP contribution >= 0.6 is 0 Å². The number of nitrogens with zero attached hydrogens (tertiary/aromatic N) is 2. The van der Waals surface area contributed by atoms with Gasteiger partial charge < -0.3 is 19.7 Å². The highest BCUT2D eigenvalue weighted by Gasteiger charge is 2.17. The molecule has 0 radical (unpaired) electrons. The molecule has 7 nitrogen and oxygen atoms in total. The van der Waals surface area contributed by atoms with Gasteiger partial charge in [-0.2, -0.15) is 0 Å². The van der Waals surface area contributed by atoms with Crippen LogP contribution in [0.3, 0.4) is 0 Å². The first-order valence-corrected chi connectivity index (χ1v) is 13.8. The minimum Gasteiger partial charge on any atom is -0.460 e. The molecule has 1 aromatic rings. The van der Waals surface area contributed by atoms with Crippen LogP contribution in [0.25, 0.3) is 12.8 Å². The van der Waals surface area contributed by atoms with Gasteiger partial charge in [0.15, 0.2) is 0 Å². The molecule has 1 aromatic carbocycles. The SMILES string of the molecule is C=c1ccc(C(=O)NCCN2CCOCC2)c(C)/c1=C/N(C)CC(CCC)CCCC(=O)OC(C)(C)C. The van der Waals surface area contributed by atoms with Crippen molar-refractivity contribution in [3.63, 3.8) is 0 Å². The molecule has 0 aliphatic carbocycles. The van der Waals surface area contributed by atoms with Crippen molar-refractivity contribution in [3.8, 4) is 0 Å².